The topological polar surface area (TPSA) is 26.0 Å². The van der Waals surface area contributed by atoms with Gasteiger partial charge in [0.15, 0.2) is 0 Å². The first kappa shape index (κ1) is 12.9. The Morgan fingerprint density at radius 3 is 2.00 bits per heavy atom. The number of hydrogen-bond acceptors (Lipinski definition) is 1. The molecule has 15 heavy (non-hydrogen) atoms. The lowest BCUT2D eigenvalue weighted by Gasteiger charge is -2.18. The molecule has 0 fully saturated rings. The SMILES string of the molecule is N[C@H](c1c(Cl)ccc(Cl)c1Cl)C(F)(F)F. The third kappa shape index (κ3) is 2.69. The van der Waals surface area contributed by atoms with Gasteiger partial charge in [-0.25, -0.2) is 0 Å². The zero-order chi connectivity index (χ0) is 11.8. The van der Waals surface area contributed by atoms with Crippen molar-refractivity contribution < 1.29 is 13.2 Å². The number of alkyl halides is 3. The summed E-state index contributed by atoms with van der Waals surface area (Å²) in [6.07, 6.45) is -4.61. The van der Waals surface area contributed by atoms with Crippen molar-refractivity contribution in [2.75, 3.05) is 0 Å². The fraction of sp³-hybridized carbons (Fsp3) is 0.250. The van der Waals surface area contributed by atoms with Crippen LogP contribution in [0.15, 0.2) is 12.1 Å². The van der Waals surface area contributed by atoms with E-state index in [4.69, 9.17) is 40.5 Å². The second kappa shape index (κ2) is 4.37. The molecular weight excluding hydrogens is 273 g/mol. The molecule has 84 valence electrons. The Balaban J connectivity index is 3.31. The zero-order valence-electron chi connectivity index (χ0n) is 7.08. The van der Waals surface area contributed by atoms with Gasteiger partial charge >= 0.3 is 6.18 Å². The van der Waals surface area contributed by atoms with Crippen LogP contribution in [0.1, 0.15) is 11.6 Å². The van der Waals surface area contributed by atoms with Gasteiger partial charge in [0.25, 0.3) is 0 Å². The molecular formula is C8H5Cl3F3N. The molecule has 0 bridgehead atoms. The van der Waals surface area contributed by atoms with E-state index in [1.165, 1.54) is 12.1 Å². The first-order valence-corrected chi connectivity index (χ1v) is 4.84. The van der Waals surface area contributed by atoms with Crippen molar-refractivity contribution >= 4 is 34.8 Å². The highest BCUT2D eigenvalue weighted by atomic mass is 35.5. The van der Waals surface area contributed by atoms with Crippen molar-refractivity contribution in [3.8, 4) is 0 Å². The molecule has 1 aromatic rings. The second-order valence-corrected chi connectivity index (χ2v) is 3.97. The number of hydrogen-bond donors (Lipinski definition) is 1. The van der Waals surface area contributed by atoms with Gasteiger partial charge in [0.1, 0.15) is 6.04 Å². The molecule has 0 heterocycles. The van der Waals surface area contributed by atoms with Crippen molar-refractivity contribution in [1.29, 1.82) is 0 Å². The van der Waals surface area contributed by atoms with Gasteiger partial charge in [-0.15, -0.1) is 0 Å². The van der Waals surface area contributed by atoms with Crippen molar-refractivity contribution in [1.82, 2.24) is 0 Å². The summed E-state index contributed by atoms with van der Waals surface area (Å²) in [7, 11) is 0. The van der Waals surface area contributed by atoms with Gasteiger partial charge in [0.2, 0.25) is 0 Å². The Hall–Kier alpha value is -0.160. The van der Waals surface area contributed by atoms with Gasteiger partial charge in [-0.3, -0.25) is 0 Å². The lowest BCUT2D eigenvalue weighted by Crippen LogP contribution is -2.29. The Kier molecular flexibility index (Phi) is 3.76. The molecule has 0 amide bonds. The van der Waals surface area contributed by atoms with Gasteiger partial charge in [0.05, 0.1) is 10.0 Å². The second-order valence-electron chi connectivity index (χ2n) is 2.78. The van der Waals surface area contributed by atoms with Gasteiger partial charge < -0.3 is 5.73 Å². The average molecular weight is 278 g/mol. The Morgan fingerprint density at radius 2 is 1.53 bits per heavy atom. The molecule has 7 heteroatoms. The fourth-order valence-electron chi connectivity index (χ4n) is 0.992. The van der Waals surface area contributed by atoms with Crippen LogP contribution in [-0.4, -0.2) is 6.18 Å². The zero-order valence-corrected chi connectivity index (χ0v) is 9.34. The van der Waals surface area contributed by atoms with Crippen LogP contribution in [0.2, 0.25) is 15.1 Å². The predicted molar refractivity (Wildman–Crippen MR) is 54.5 cm³/mol. The lowest BCUT2D eigenvalue weighted by molar-refractivity contribution is -0.149. The molecule has 0 unspecified atom stereocenters. The first-order valence-electron chi connectivity index (χ1n) is 3.71. The van der Waals surface area contributed by atoms with Crippen LogP contribution < -0.4 is 5.73 Å². The lowest BCUT2D eigenvalue weighted by atomic mass is 10.1. The summed E-state index contributed by atoms with van der Waals surface area (Å²) in [5.41, 5.74) is 4.59. The molecule has 1 rings (SSSR count). The quantitative estimate of drug-likeness (QED) is 0.765. The number of nitrogens with two attached hydrogens (primary N) is 1. The molecule has 0 saturated heterocycles. The van der Waals surface area contributed by atoms with E-state index in [-0.39, 0.29) is 15.1 Å². The van der Waals surface area contributed by atoms with E-state index < -0.39 is 17.8 Å². The summed E-state index contributed by atoms with van der Waals surface area (Å²) in [4.78, 5) is 0. The van der Waals surface area contributed by atoms with Gasteiger partial charge in [0, 0.05) is 10.6 Å². The average Bonchev–Trinajstić information content (AvgIpc) is 2.10. The molecule has 1 aromatic carbocycles. The third-order valence-electron chi connectivity index (χ3n) is 1.74. The maximum absolute atomic E-state index is 12.3. The summed E-state index contributed by atoms with van der Waals surface area (Å²) in [6, 6.07) is 0.284. The van der Waals surface area contributed by atoms with Crippen LogP contribution in [-0.2, 0) is 0 Å². The summed E-state index contributed by atoms with van der Waals surface area (Å²) in [5.74, 6) is 0. The van der Waals surface area contributed by atoms with Crippen molar-refractivity contribution in [3.63, 3.8) is 0 Å². The summed E-state index contributed by atoms with van der Waals surface area (Å²) < 4.78 is 37.0. The monoisotopic (exact) mass is 277 g/mol. The molecule has 0 aliphatic rings. The molecule has 1 atom stereocenters. The largest absolute Gasteiger partial charge is 0.407 e. The van der Waals surface area contributed by atoms with E-state index in [2.05, 4.69) is 0 Å². The summed E-state index contributed by atoms with van der Waals surface area (Å²) in [6.45, 7) is 0. The summed E-state index contributed by atoms with van der Waals surface area (Å²) >= 11 is 16.7. The maximum atomic E-state index is 12.3. The molecule has 0 aromatic heterocycles. The summed E-state index contributed by atoms with van der Waals surface area (Å²) in [5, 5.41) is -0.445. The van der Waals surface area contributed by atoms with E-state index in [0.717, 1.165) is 0 Å². The van der Waals surface area contributed by atoms with Crippen LogP contribution >= 0.6 is 34.8 Å². The van der Waals surface area contributed by atoms with Crippen LogP contribution in [0.25, 0.3) is 0 Å². The predicted octanol–water partition coefficient (Wildman–Crippen LogP) is 4.21. The van der Waals surface area contributed by atoms with E-state index in [9.17, 15) is 13.2 Å². The van der Waals surface area contributed by atoms with Gasteiger partial charge in [-0.1, -0.05) is 34.8 Å². The van der Waals surface area contributed by atoms with Gasteiger partial charge in [-0.2, -0.15) is 13.2 Å². The smallest absolute Gasteiger partial charge is 0.316 e. The maximum Gasteiger partial charge on any atom is 0.407 e. The van der Waals surface area contributed by atoms with E-state index in [0.29, 0.717) is 0 Å². The molecule has 0 radical (unpaired) electrons. The van der Waals surface area contributed by atoms with Crippen LogP contribution in [0.5, 0.6) is 0 Å². The van der Waals surface area contributed by atoms with Crippen molar-refractivity contribution in [2.24, 2.45) is 5.73 Å². The molecule has 0 aliphatic heterocycles. The van der Waals surface area contributed by atoms with Crippen LogP contribution in [0.4, 0.5) is 13.2 Å². The highest BCUT2D eigenvalue weighted by Crippen LogP contribution is 2.40. The Bertz CT molecular complexity index is 378. The Morgan fingerprint density at radius 1 is 1.07 bits per heavy atom. The molecule has 0 saturated carbocycles. The van der Waals surface area contributed by atoms with Crippen molar-refractivity contribution in [3.05, 3.63) is 32.8 Å². The van der Waals surface area contributed by atoms with E-state index in [1.807, 2.05) is 0 Å². The van der Waals surface area contributed by atoms with Gasteiger partial charge in [-0.05, 0) is 12.1 Å². The minimum Gasteiger partial charge on any atom is -0.316 e. The van der Waals surface area contributed by atoms with E-state index >= 15 is 0 Å². The van der Waals surface area contributed by atoms with Crippen LogP contribution in [0.3, 0.4) is 0 Å². The molecule has 0 spiro atoms. The Labute approximate surface area is 98.9 Å². The minimum atomic E-state index is -4.61. The molecule has 1 nitrogen and oxygen atoms in total. The number of halogens is 6. The molecule has 2 N–H and O–H groups in total. The minimum absolute atomic E-state index is 0.0178. The highest BCUT2D eigenvalue weighted by molar-refractivity contribution is 6.44. The van der Waals surface area contributed by atoms with E-state index in [1.54, 1.807) is 0 Å². The fourth-order valence-corrected chi connectivity index (χ4v) is 1.76. The number of rotatable bonds is 1. The van der Waals surface area contributed by atoms with Crippen molar-refractivity contribution in [2.45, 2.75) is 12.2 Å². The molecule has 0 aliphatic carbocycles. The normalized spacial score (nSPS) is 14.1. The first-order chi connectivity index (χ1) is 6.75. The highest BCUT2D eigenvalue weighted by Gasteiger charge is 2.40. The number of benzene rings is 1. The third-order valence-corrected chi connectivity index (χ3v) is 2.89. The standard InChI is InChI=1S/C8H5Cl3F3N/c9-3-1-2-4(10)6(11)5(3)7(15)8(12,13)14/h1-2,7H,15H2/t7-/m1/s1. The van der Waals surface area contributed by atoms with Crippen LogP contribution in [0, 0.1) is 0 Å².